The van der Waals surface area contributed by atoms with Gasteiger partial charge in [-0.2, -0.15) is 0 Å². The molecule has 5 heteroatoms. The fourth-order valence-electron chi connectivity index (χ4n) is 3.08. The van der Waals surface area contributed by atoms with Crippen molar-refractivity contribution in [2.24, 2.45) is 5.92 Å². The molecule has 1 aliphatic heterocycles. The van der Waals surface area contributed by atoms with Gasteiger partial charge < -0.3 is 14.0 Å². The molecule has 0 spiro atoms. The molecule has 0 bridgehead atoms. The van der Waals surface area contributed by atoms with Crippen molar-refractivity contribution in [1.29, 1.82) is 0 Å². The van der Waals surface area contributed by atoms with Crippen molar-refractivity contribution in [2.45, 2.75) is 85.0 Å². The highest BCUT2D eigenvalue weighted by molar-refractivity contribution is 6.62. The average molecular weight is 364 g/mol. The van der Waals surface area contributed by atoms with Crippen molar-refractivity contribution in [2.75, 3.05) is 6.61 Å². The first kappa shape index (κ1) is 21.4. The summed E-state index contributed by atoms with van der Waals surface area (Å²) >= 11 is 0. The topological polar surface area (TPSA) is 27.7 Å². The maximum absolute atomic E-state index is 14.4. The van der Waals surface area contributed by atoms with Gasteiger partial charge in [-0.1, -0.05) is 45.2 Å². The summed E-state index contributed by atoms with van der Waals surface area (Å²) in [4.78, 5) is 0. The lowest BCUT2D eigenvalue weighted by Crippen LogP contribution is -2.41. The molecule has 0 saturated carbocycles. The summed E-state index contributed by atoms with van der Waals surface area (Å²) in [6, 6.07) is 5.06. The van der Waals surface area contributed by atoms with Gasteiger partial charge in [0.15, 0.2) is 0 Å². The smallest absolute Gasteiger partial charge is 0.399 e. The van der Waals surface area contributed by atoms with Crippen LogP contribution in [-0.4, -0.2) is 24.9 Å². The second kappa shape index (κ2) is 8.86. The predicted molar refractivity (Wildman–Crippen MR) is 105 cm³/mol. The van der Waals surface area contributed by atoms with E-state index >= 15 is 0 Å². The van der Waals surface area contributed by atoms with Gasteiger partial charge in [-0.05, 0) is 51.7 Å². The van der Waals surface area contributed by atoms with Gasteiger partial charge in [-0.25, -0.2) is 4.39 Å². The predicted octanol–water partition coefficient (Wildman–Crippen LogP) is 4.86. The molecule has 0 amide bonds. The summed E-state index contributed by atoms with van der Waals surface area (Å²) in [7, 11) is -0.687. The van der Waals surface area contributed by atoms with Crippen LogP contribution in [0.2, 0.25) is 0 Å². The summed E-state index contributed by atoms with van der Waals surface area (Å²) in [5, 5.41) is 0. The van der Waals surface area contributed by atoms with Gasteiger partial charge in [0.25, 0.3) is 0 Å². The van der Waals surface area contributed by atoms with Gasteiger partial charge in [0.05, 0.1) is 17.8 Å². The van der Waals surface area contributed by atoms with Crippen molar-refractivity contribution in [3.8, 4) is 0 Å². The van der Waals surface area contributed by atoms with E-state index in [1.54, 1.807) is 6.07 Å². The van der Waals surface area contributed by atoms with E-state index in [4.69, 9.17) is 14.0 Å². The highest BCUT2D eigenvalue weighted by Crippen LogP contribution is 2.36. The van der Waals surface area contributed by atoms with Gasteiger partial charge in [0.2, 0.25) is 0 Å². The molecule has 1 atom stereocenters. The third-order valence-electron chi connectivity index (χ3n) is 5.73. The van der Waals surface area contributed by atoms with E-state index in [2.05, 4.69) is 13.8 Å². The van der Waals surface area contributed by atoms with Crippen LogP contribution in [0.25, 0.3) is 0 Å². The van der Waals surface area contributed by atoms with E-state index in [0.717, 1.165) is 18.6 Å². The molecular formula is C21H34BFO3. The maximum Gasteiger partial charge on any atom is 0.497 e. The standard InChI is InChI=1S/C21H34BFO3/c1-7-9-10-16(8-2)14-24-15-17-11-12-19(23)18(13-17)22-25-20(3,4)21(5,6)26-22/h11-13,16H,7-10,14-15H2,1-6H3. The number of hydrogen-bond donors (Lipinski definition) is 0. The first-order valence-electron chi connectivity index (χ1n) is 9.92. The number of hydrogen-bond acceptors (Lipinski definition) is 3. The molecule has 1 aliphatic rings. The van der Waals surface area contributed by atoms with Crippen molar-refractivity contribution in [3.63, 3.8) is 0 Å². The lowest BCUT2D eigenvalue weighted by molar-refractivity contribution is 0.00578. The Hall–Kier alpha value is -0.905. The zero-order valence-corrected chi connectivity index (χ0v) is 17.2. The van der Waals surface area contributed by atoms with E-state index in [-0.39, 0.29) is 5.82 Å². The maximum atomic E-state index is 14.4. The minimum absolute atomic E-state index is 0.304. The van der Waals surface area contributed by atoms with Crippen LogP contribution in [0.5, 0.6) is 0 Å². The van der Waals surface area contributed by atoms with Crippen LogP contribution < -0.4 is 5.46 Å². The Balaban J connectivity index is 2.00. The van der Waals surface area contributed by atoms with Gasteiger partial charge in [-0.15, -0.1) is 0 Å². The third-order valence-corrected chi connectivity index (χ3v) is 5.73. The van der Waals surface area contributed by atoms with Crippen LogP contribution in [0.15, 0.2) is 18.2 Å². The molecule has 1 fully saturated rings. The van der Waals surface area contributed by atoms with Crippen LogP contribution >= 0.6 is 0 Å². The summed E-state index contributed by atoms with van der Waals surface area (Å²) in [6.45, 7) is 13.5. The van der Waals surface area contributed by atoms with Crippen LogP contribution in [0.4, 0.5) is 4.39 Å². The van der Waals surface area contributed by atoms with E-state index in [1.807, 2.05) is 33.8 Å². The van der Waals surface area contributed by atoms with E-state index in [9.17, 15) is 4.39 Å². The average Bonchev–Trinajstić information content (AvgIpc) is 2.79. The molecule has 1 heterocycles. The molecule has 0 aromatic heterocycles. The highest BCUT2D eigenvalue weighted by atomic mass is 19.1. The highest BCUT2D eigenvalue weighted by Gasteiger charge is 2.52. The molecule has 1 unspecified atom stereocenters. The number of ether oxygens (including phenoxy) is 1. The normalized spacial score (nSPS) is 19.7. The molecule has 2 rings (SSSR count). The summed E-state index contributed by atoms with van der Waals surface area (Å²) in [5.41, 5.74) is 0.429. The number of benzene rings is 1. The fraction of sp³-hybridized carbons (Fsp3) is 0.714. The first-order valence-corrected chi connectivity index (χ1v) is 9.92. The second-order valence-electron chi connectivity index (χ2n) is 8.38. The van der Waals surface area contributed by atoms with E-state index < -0.39 is 18.3 Å². The molecule has 1 saturated heterocycles. The Kier molecular flexibility index (Phi) is 7.29. The zero-order chi connectivity index (χ0) is 19.4. The van der Waals surface area contributed by atoms with Crippen molar-refractivity contribution in [3.05, 3.63) is 29.6 Å². The monoisotopic (exact) mass is 364 g/mol. The van der Waals surface area contributed by atoms with Crippen molar-refractivity contribution < 1.29 is 18.4 Å². The largest absolute Gasteiger partial charge is 0.497 e. The van der Waals surface area contributed by atoms with Crippen LogP contribution in [-0.2, 0) is 20.7 Å². The molecule has 0 N–H and O–H groups in total. The van der Waals surface area contributed by atoms with Gasteiger partial charge in [0.1, 0.15) is 5.82 Å². The minimum Gasteiger partial charge on any atom is -0.399 e. The van der Waals surface area contributed by atoms with E-state index in [1.165, 1.54) is 25.3 Å². The Morgan fingerprint density at radius 3 is 2.35 bits per heavy atom. The zero-order valence-electron chi connectivity index (χ0n) is 17.2. The Bertz CT molecular complexity index is 573. The summed E-state index contributed by atoms with van der Waals surface area (Å²) < 4.78 is 32.2. The van der Waals surface area contributed by atoms with Crippen LogP contribution in [0.3, 0.4) is 0 Å². The molecule has 0 aliphatic carbocycles. The summed E-state index contributed by atoms with van der Waals surface area (Å²) in [6.07, 6.45) is 4.79. The molecule has 26 heavy (non-hydrogen) atoms. The SMILES string of the molecule is CCCCC(CC)COCc1ccc(F)c(B2OC(C)(C)C(C)(C)O2)c1. The third kappa shape index (κ3) is 5.08. The molecule has 146 valence electrons. The van der Waals surface area contributed by atoms with Crippen molar-refractivity contribution >= 4 is 12.6 Å². The number of rotatable bonds is 9. The molecular weight excluding hydrogens is 330 g/mol. The van der Waals surface area contributed by atoms with Gasteiger partial charge in [0, 0.05) is 12.1 Å². The number of unbranched alkanes of at least 4 members (excludes halogenated alkanes) is 1. The molecule has 3 nitrogen and oxygen atoms in total. The fourth-order valence-corrected chi connectivity index (χ4v) is 3.08. The summed E-state index contributed by atoms with van der Waals surface area (Å²) in [5.74, 6) is 0.291. The second-order valence-corrected chi connectivity index (χ2v) is 8.38. The Morgan fingerprint density at radius 1 is 1.12 bits per heavy atom. The van der Waals surface area contributed by atoms with Crippen LogP contribution in [0, 0.1) is 11.7 Å². The molecule has 1 aromatic rings. The molecule has 1 aromatic carbocycles. The first-order chi connectivity index (χ1) is 12.2. The van der Waals surface area contributed by atoms with Crippen molar-refractivity contribution in [1.82, 2.24) is 0 Å². The van der Waals surface area contributed by atoms with Gasteiger partial charge in [-0.3, -0.25) is 0 Å². The lowest BCUT2D eigenvalue weighted by Gasteiger charge is -2.32. The molecule has 0 radical (unpaired) electrons. The Labute approximate surface area is 158 Å². The number of halogens is 1. The lowest BCUT2D eigenvalue weighted by atomic mass is 9.78. The van der Waals surface area contributed by atoms with E-state index in [0.29, 0.717) is 18.0 Å². The van der Waals surface area contributed by atoms with Crippen LogP contribution in [0.1, 0.15) is 72.8 Å². The Morgan fingerprint density at radius 2 is 1.77 bits per heavy atom. The quantitative estimate of drug-likeness (QED) is 0.586. The minimum atomic E-state index is -0.687. The van der Waals surface area contributed by atoms with Gasteiger partial charge >= 0.3 is 7.12 Å².